The zero-order valence-corrected chi connectivity index (χ0v) is 11.8. The van der Waals surface area contributed by atoms with Gasteiger partial charge in [0.1, 0.15) is 5.82 Å². The molecule has 1 N–H and O–H groups in total. The van der Waals surface area contributed by atoms with E-state index < -0.39 is 0 Å². The monoisotopic (exact) mass is 277 g/mol. The summed E-state index contributed by atoms with van der Waals surface area (Å²) in [5, 5.41) is 3.95. The van der Waals surface area contributed by atoms with E-state index in [4.69, 9.17) is 11.6 Å². The summed E-state index contributed by atoms with van der Waals surface area (Å²) in [4.78, 5) is 0. The number of hydrogen-bond acceptors (Lipinski definition) is 1. The molecule has 0 fully saturated rings. The molecule has 2 rings (SSSR count). The second kappa shape index (κ2) is 6.18. The first-order valence-corrected chi connectivity index (χ1v) is 6.75. The number of rotatable bonds is 4. The van der Waals surface area contributed by atoms with Crippen LogP contribution in [0.3, 0.4) is 0 Å². The summed E-state index contributed by atoms with van der Waals surface area (Å²) >= 11 is 6.23. The van der Waals surface area contributed by atoms with Gasteiger partial charge in [0.05, 0.1) is 6.04 Å². The van der Waals surface area contributed by atoms with Crippen molar-refractivity contribution in [3.05, 3.63) is 70.0 Å². The summed E-state index contributed by atoms with van der Waals surface area (Å²) in [5.74, 6) is -0.173. The van der Waals surface area contributed by atoms with E-state index >= 15 is 0 Å². The first-order chi connectivity index (χ1) is 9.15. The Hall–Kier alpha value is -1.38. The van der Waals surface area contributed by atoms with Crippen LogP contribution >= 0.6 is 11.6 Å². The van der Waals surface area contributed by atoms with Crippen molar-refractivity contribution < 1.29 is 4.39 Å². The molecule has 100 valence electrons. The van der Waals surface area contributed by atoms with Crippen LogP contribution < -0.4 is 5.32 Å². The van der Waals surface area contributed by atoms with Gasteiger partial charge in [-0.25, -0.2) is 4.39 Å². The Labute approximate surface area is 118 Å². The molecule has 0 aliphatic heterocycles. The molecular formula is C16H17ClFN. The highest BCUT2D eigenvalue weighted by molar-refractivity contribution is 6.31. The maximum Gasteiger partial charge on any atom is 0.131 e. The second-order valence-electron chi connectivity index (χ2n) is 4.49. The standard InChI is InChI=1S/C16H17ClFN/c1-3-19-16(12-8-4-5-10-14(12)17)13-9-6-7-11(2)15(13)18/h4-10,16,19H,3H2,1-2H3. The topological polar surface area (TPSA) is 12.0 Å². The van der Waals surface area contributed by atoms with Gasteiger partial charge >= 0.3 is 0 Å². The molecule has 1 nitrogen and oxygen atoms in total. The van der Waals surface area contributed by atoms with E-state index in [1.165, 1.54) is 0 Å². The van der Waals surface area contributed by atoms with Crippen molar-refractivity contribution in [1.82, 2.24) is 5.32 Å². The number of nitrogens with one attached hydrogen (secondary N) is 1. The predicted molar refractivity (Wildman–Crippen MR) is 78.1 cm³/mol. The van der Waals surface area contributed by atoms with Gasteiger partial charge in [0.15, 0.2) is 0 Å². The molecule has 3 heteroatoms. The van der Waals surface area contributed by atoms with E-state index in [-0.39, 0.29) is 11.9 Å². The van der Waals surface area contributed by atoms with Gasteiger partial charge in [0.25, 0.3) is 0 Å². The molecule has 0 spiro atoms. The van der Waals surface area contributed by atoms with Gasteiger partial charge in [0.2, 0.25) is 0 Å². The largest absolute Gasteiger partial charge is 0.306 e. The third-order valence-corrected chi connectivity index (χ3v) is 3.50. The first kappa shape index (κ1) is 14.0. The van der Waals surface area contributed by atoms with E-state index in [0.29, 0.717) is 16.1 Å². The van der Waals surface area contributed by atoms with Gasteiger partial charge in [0, 0.05) is 10.6 Å². The fraction of sp³-hybridized carbons (Fsp3) is 0.250. The normalized spacial score (nSPS) is 12.4. The summed E-state index contributed by atoms with van der Waals surface area (Å²) in [6.07, 6.45) is 0. The van der Waals surface area contributed by atoms with E-state index in [1.807, 2.05) is 37.3 Å². The van der Waals surface area contributed by atoms with Crippen molar-refractivity contribution in [2.45, 2.75) is 19.9 Å². The smallest absolute Gasteiger partial charge is 0.131 e. The quantitative estimate of drug-likeness (QED) is 0.868. The first-order valence-electron chi connectivity index (χ1n) is 6.38. The molecule has 0 bridgehead atoms. The lowest BCUT2D eigenvalue weighted by molar-refractivity contribution is 0.553. The summed E-state index contributed by atoms with van der Waals surface area (Å²) in [6.45, 7) is 4.51. The van der Waals surface area contributed by atoms with Crippen molar-refractivity contribution in [3.63, 3.8) is 0 Å². The highest BCUT2D eigenvalue weighted by Crippen LogP contribution is 2.30. The van der Waals surface area contributed by atoms with Crippen LogP contribution in [0.5, 0.6) is 0 Å². The van der Waals surface area contributed by atoms with Gasteiger partial charge in [-0.1, -0.05) is 54.9 Å². The highest BCUT2D eigenvalue weighted by atomic mass is 35.5. The molecule has 19 heavy (non-hydrogen) atoms. The number of hydrogen-bond donors (Lipinski definition) is 1. The number of benzene rings is 2. The highest BCUT2D eigenvalue weighted by Gasteiger charge is 2.19. The Balaban J connectivity index is 2.52. The Bertz CT molecular complexity index is 568. The maximum absolute atomic E-state index is 14.3. The van der Waals surface area contributed by atoms with Crippen LogP contribution in [0.25, 0.3) is 0 Å². The lowest BCUT2D eigenvalue weighted by Gasteiger charge is -2.21. The summed E-state index contributed by atoms with van der Waals surface area (Å²) in [6, 6.07) is 12.8. The number of halogens is 2. The van der Waals surface area contributed by atoms with Gasteiger partial charge in [-0.2, -0.15) is 0 Å². The van der Waals surface area contributed by atoms with Crippen molar-refractivity contribution >= 4 is 11.6 Å². The van der Waals surface area contributed by atoms with Crippen LogP contribution in [-0.4, -0.2) is 6.54 Å². The molecule has 0 saturated carbocycles. The Morgan fingerprint density at radius 1 is 1.11 bits per heavy atom. The molecule has 0 heterocycles. The predicted octanol–water partition coefficient (Wildman–Crippen LogP) is 4.49. The van der Waals surface area contributed by atoms with Crippen LogP contribution in [0.15, 0.2) is 42.5 Å². The summed E-state index contributed by atoms with van der Waals surface area (Å²) in [5.41, 5.74) is 2.18. The minimum atomic E-state index is -0.224. The molecule has 2 aromatic rings. The van der Waals surface area contributed by atoms with Crippen LogP contribution in [-0.2, 0) is 0 Å². The lowest BCUT2D eigenvalue weighted by atomic mass is 9.96. The Morgan fingerprint density at radius 2 is 1.79 bits per heavy atom. The third-order valence-electron chi connectivity index (χ3n) is 3.16. The summed E-state index contributed by atoms with van der Waals surface area (Å²) < 4.78 is 14.3. The Kier molecular flexibility index (Phi) is 4.56. The molecule has 0 aromatic heterocycles. The molecular weight excluding hydrogens is 261 g/mol. The lowest BCUT2D eigenvalue weighted by Crippen LogP contribution is -2.23. The zero-order valence-electron chi connectivity index (χ0n) is 11.1. The van der Waals surface area contributed by atoms with Crippen molar-refractivity contribution in [1.29, 1.82) is 0 Å². The zero-order chi connectivity index (χ0) is 13.8. The molecule has 0 radical (unpaired) electrons. The molecule has 0 saturated heterocycles. The maximum atomic E-state index is 14.3. The van der Waals surface area contributed by atoms with Gasteiger partial charge in [-0.05, 0) is 30.7 Å². The molecule has 0 aliphatic rings. The number of aryl methyl sites for hydroxylation is 1. The van der Waals surface area contributed by atoms with Crippen LogP contribution in [0.2, 0.25) is 5.02 Å². The van der Waals surface area contributed by atoms with Crippen LogP contribution in [0.4, 0.5) is 4.39 Å². The van der Waals surface area contributed by atoms with E-state index in [1.54, 1.807) is 19.1 Å². The molecule has 0 amide bonds. The third kappa shape index (κ3) is 2.96. The van der Waals surface area contributed by atoms with E-state index in [2.05, 4.69) is 5.32 Å². The van der Waals surface area contributed by atoms with Gasteiger partial charge < -0.3 is 5.32 Å². The summed E-state index contributed by atoms with van der Waals surface area (Å²) in [7, 11) is 0. The van der Waals surface area contributed by atoms with Crippen LogP contribution in [0, 0.1) is 12.7 Å². The molecule has 1 unspecified atom stereocenters. The fourth-order valence-corrected chi connectivity index (χ4v) is 2.44. The molecule has 0 aliphatic carbocycles. The van der Waals surface area contributed by atoms with Crippen LogP contribution in [0.1, 0.15) is 29.7 Å². The average Bonchev–Trinajstić information content (AvgIpc) is 2.41. The minimum Gasteiger partial charge on any atom is -0.306 e. The molecule has 2 aromatic carbocycles. The van der Waals surface area contributed by atoms with Crippen molar-refractivity contribution in [3.8, 4) is 0 Å². The Morgan fingerprint density at radius 3 is 2.47 bits per heavy atom. The van der Waals surface area contributed by atoms with Gasteiger partial charge in [-0.3, -0.25) is 0 Å². The second-order valence-corrected chi connectivity index (χ2v) is 4.90. The molecule has 1 atom stereocenters. The van der Waals surface area contributed by atoms with Crippen molar-refractivity contribution in [2.75, 3.05) is 6.54 Å². The minimum absolute atomic E-state index is 0.173. The fourth-order valence-electron chi connectivity index (χ4n) is 2.19. The SMILES string of the molecule is CCNC(c1ccccc1Cl)c1cccc(C)c1F. The van der Waals surface area contributed by atoms with Crippen molar-refractivity contribution in [2.24, 2.45) is 0 Å². The van der Waals surface area contributed by atoms with E-state index in [9.17, 15) is 4.39 Å². The van der Waals surface area contributed by atoms with Gasteiger partial charge in [-0.15, -0.1) is 0 Å². The average molecular weight is 278 g/mol. The van der Waals surface area contributed by atoms with E-state index in [0.717, 1.165) is 12.1 Å².